The standard InChI is InChI=1S/C11H12ClNS/c1-8(2)7-14-11-4-3-10(12)5-9(11)6-13/h3-5,8H,7H2,1-2H3. The molecule has 14 heavy (non-hydrogen) atoms. The van der Waals surface area contributed by atoms with Gasteiger partial charge < -0.3 is 0 Å². The molecule has 0 aliphatic carbocycles. The van der Waals surface area contributed by atoms with Gasteiger partial charge in [0.2, 0.25) is 0 Å². The molecule has 1 aromatic rings. The Hall–Kier alpha value is -0.650. The molecule has 74 valence electrons. The third-order valence-corrected chi connectivity index (χ3v) is 3.37. The fraction of sp³-hybridized carbons (Fsp3) is 0.364. The Bertz CT molecular complexity index is 355. The van der Waals surface area contributed by atoms with E-state index in [1.165, 1.54) is 0 Å². The van der Waals surface area contributed by atoms with E-state index in [-0.39, 0.29) is 0 Å². The molecular weight excluding hydrogens is 214 g/mol. The fourth-order valence-corrected chi connectivity index (χ4v) is 2.08. The number of rotatable bonds is 3. The van der Waals surface area contributed by atoms with Gasteiger partial charge in [-0.2, -0.15) is 5.26 Å². The molecule has 0 radical (unpaired) electrons. The van der Waals surface area contributed by atoms with Crippen molar-refractivity contribution in [2.24, 2.45) is 5.92 Å². The Morgan fingerprint density at radius 3 is 2.79 bits per heavy atom. The average Bonchev–Trinajstić information content (AvgIpc) is 2.15. The molecule has 0 N–H and O–H groups in total. The summed E-state index contributed by atoms with van der Waals surface area (Å²) in [4.78, 5) is 1.02. The number of hydrogen-bond donors (Lipinski definition) is 0. The molecule has 1 nitrogen and oxygen atoms in total. The average molecular weight is 226 g/mol. The molecule has 0 saturated heterocycles. The molecular formula is C11H12ClNS. The lowest BCUT2D eigenvalue weighted by Gasteiger charge is -2.06. The van der Waals surface area contributed by atoms with Crippen LogP contribution in [0.15, 0.2) is 23.1 Å². The van der Waals surface area contributed by atoms with Crippen molar-refractivity contribution in [3.63, 3.8) is 0 Å². The maximum absolute atomic E-state index is 8.89. The van der Waals surface area contributed by atoms with Crippen molar-refractivity contribution in [1.29, 1.82) is 5.26 Å². The highest BCUT2D eigenvalue weighted by Crippen LogP contribution is 2.26. The van der Waals surface area contributed by atoms with E-state index in [9.17, 15) is 0 Å². The molecule has 0 unspecified atom stereocenters. The lowest BCUT2D eigenvalue weighted by Crippen LogP contribution is -1.91. The van der Waals surface area contributed by atoms with Crippen LogP contribution < -0.4 is 0 Å². The Balaban J connectivity index is 2.82. The third kappa shape index (κ3) is 3.25. The summed E-state index contributed by atoms with van der Waals surface area (Å²) >= 11 is 7.51. The number of thioether (sulfide) groups is 1. The minimum Gasteiger partial charge on any atom is -0.192 e. The first-order valence-electron chi connectivity index (χ1n) is 4.46. The molecule has 0 spiro atoms. The van der Waals surface area contributed by atoms with Gasteiger partial charge in [0.05, 0.1) is 5.56 Å². The zero-order chi connectivity index (χ0) is 10.6. The van der Waals surface area contributed by atoms with Crippen LogP contribution in [0.25, 0.3) is 0 Å². The summed E-state index contributed by atoms with van der Waals surface area (Å²) in [6, 6.07) is 7.60. The van der Waals surface area contributed by atoms with E-state index in [4.69, 9.17) is 16.9 Å². The summed E-state index contributed by atoms with van der Waals surface area (Å²) in [7, 11) is 0. The summed E-state index contributed by atoms with van der Waals surface area (Å²) in [5.41, 5.74) is 0.670. The largest absolute Gasteiger partial charge is 0.192 e. The van der Waals surface area contributed by atoms with E-state index in [1.54, 1.807) is 17.8 Å². The predicted molar refractivity (Wildman–Crippen MR) is 61.7 cm³/mol. The molecule has 0 aliphatic rings. The molecule has 0 aliphatic heterocycles. The third-order valence-electron chi connectivity index (χ3n) is 1.63. The van der Waals surface area contributed by atoms with Gasteiger partial charge in [-0.1, -0.05) is 25.4 Å². The second kappa shape index (κ2) is 5.29. The van der Waals surface area contributed by atoms with E-state index in [0.29, 0.717) is 16.5 Å². The van der Waals surface area contributed by atoms with E-state index < -0.39 is 0 Å². The number of nitrogens with zero attached hydrogens (tertiary/aromatic N) is 1. The fourth-order valence-electron chi connectivity index (χ4n) is 0.972. The van der Waals surface area contributed by atoms with Crippen molar-refractivity contribution in [2.45, 2.75) is 18.7 Å². The summed E-state index contributed by atoms with van der Waals surface area (Å²) in [5, 5.41) is 9.51. The highest BCUT2D eigenvalue weighted by Gasteiger charge is 2.04. The van der Waals surface area contributed by atoms with Crippen LogP contribution in [0.4, 0.5) is 0 Å². The SMILES string of the molecule is CC(C)CSc1ccc(Cl)cc1C#N. The molecule has 1 rings (SSSR count). The van der Waals surface area contributed by atoms with Crippen LogP contribution in [0.2, 0.25) is 5.02 Å². The van der Waals surface area contributed by atoms with Crippen molar-refractivity contribution in [3.8, 4) is 6.07 Å². The van der Waals surface area contributed by atoms with Crippen LogP contribution in [-0.2, 0) is 0 Å². The summed E-state index contributed by atoms with van der Waals surface area (Å²) in [5.74, 6) is 1.65. The quantitative estimate of drug-likeness (QED) is 0.728. The van der Waals surface area contributed by atoms with E-state index in [1.807, 2.05) is 12.1 Å². The topological polar surface area (TPSA) is 23.8 Å². The normalized spacial score (nSPS) is 10.2. The Morgan fingerprint density at radius 2 is 2.21 bits per heavy atom. The van der Waals surface area contributed by atoms with Gasteiger partial charge in [-0.15, -0.1) is 11.8 Å². The van der Waals surface area contributed by atoms with Gasteiger partial charge in [0.25, 0.3) is 0 Å². The molecule has 0 aromatic heterocycles. The number of halogens is 1. The van der Waals surface area contributed by atoms with Crippen molar-refractivity contribution < 1.29 is 0 Å². The summed E-state index contributed by atoms with van der Waals surface area (Å²) < 4.78 is 0. The highest BCUT2D eigenvalue weighted by molar-refractivity contribution is 7.99. The first-order valence-corrected chi connectivity index (χ1v) is 5.82. The van der Waals surface area contributed by atoms with Crippen LogP contribution in [0.5, 0.6) is 0 Å². The maximum atomic E-state index is 8.89. The van der Waals surface area contributed by atoms with Gasteiger partial charge in [0, 0.05) is 15.7 Å². The van der Waals surface area contributed by atoms with Crippen molar-refractivity contribution in [1.82, 2.24) is 0 Å². The maximum Gasteiger partial charge on any atom is 0.100 e. The lowest BCUT2D eigenvalue weighted by atomic mass is 10.2. The van der Waals surface area contributed by atoms with Gasteiger partial charge in [-0.05, 0) is 24.1 Å². The molecule has 3 heteroatoms. The van der Waals surface area contributed by atoms with Gasteiger partial charge in [-0.3, -0.25) is 0 Å². The van der Waals surface area contributed by atoms with E-state index >= 15 is 0 Å². The first-order chi connectivity index (χ1) is 6.63. The zero-order valence-corrected chi connectivity index (χ0v) is 9.82. The molecule has 0 atom stereocenters. The molecule has 0 saturated carbocycles. The van der Waals surface area contributed by atoms with Gasteiger partial charge in [0.1, 0.15) is 6.07 Å². The second-order valence-electron chi connectivity index (χ2n) is 3.46. The predicted octanol–water partition coefficient (Wildman–Crippen LogP) is 3.96. The van der Waals surface area contributed by atoms with Crippen LogP contribution >= 0.6 is 23.4 Å². The zero-order valence-electron chi connectivity index (χ0n) is 8.25. The molecule has 0 heterocycles. The van der Waals surface area contributed by atoms with E-state index in [0.717, 1.165) is 10.6 Å². The number of benzene rings is 1. The summed E-state index contributed by atoms with van der Waals surface area (Å²) in [6.45, 7) is 4.32. The molecule has 0 amide bonds. The Kier molecular flexibility index (Phi) is 4.31. The van der Waals surface area contributed by atoms with Crippen molar-refractivity contribution in [3.05, 3.63) is 28.8 Å². The van der Waals surface area contributed by atoms with Crippen LogP contribution in [-0.4, -0.2) is 5.75 Å². The van der Waals surface area contributed by atoms with Crippen molar-refractivity contribution in [2.75, 3.05) is 5.75 Å². The number of hydrogen-bond acceptors (Lipinski definition) is 2. The summed E-state index contributed by atoms with van der Waals surface area (Å²) in [6.07, 6.45) is 0. The Morgan fingerprint density at radius 1 is 1.50 bits per heavy atom. The second-order valence-corrected chi connectivity index (χ2v) is 4.96. The highest BCUT2D eigenvalue weighted by atomic mass is 35.5. The van der Waals surface area contributed by atoms with E-state index in [2.05, 4.69) is 19.9 Å². The van der Waals surface area contributed by atoms with Crippen LogP contribution in [0, 0.1) is 17.2 Å². The number of nitriles is 1. The molecule has 1 aromatic carbocycles. The van der Waals surface area contributed by atoms with Gasteiger partial charge >= 0.3 is 0 Å². The molecule has 0 bridgehead atoms. The minimum absolute atomic E-state index is 0.621. The first kappa shape index (κ1) is 11.4. The lowest BCUT2D eigenvalue weighted by molar-refractivity contribution is 0.750. The van der Waals surface area contributed by atoms with Gasteiger partial charge in [-0.25, -0.2) is 0 Å². The van der Waals surface area contributed by atoms with Crippen LogP contribution in [0.3, 0.4) is 0 Å². The molecule has 0 fully saturated rings. The Labute approximate surface area is 94.1 Å². The van der Waals surface area contributed by atoms with Crippen LogP contribution in [0.1, 0.15) is 19.4 Å². The minimum atomic E-state index is 0.621. The van der Waals surface area contributed by atoms with Gasteiger partial charge in [0.15, 0.2) is 0 Å². The smallest absolute Gasteiger partial charge is 0.100 e. The van der Waals surface area contributed by atoms with Crippen molar-refractivity contribution >= 4 is 23.4 Å². The monoisotopic (exact) mass is 225 g/mol.